The normalized spacial score (nSPS) is 27.9. The fraction of sp³-hybridized carbons (Fsp3) is 0.649. The van der Waals surface area contributed by atoms with Crippen LogP contribution in [0.2, 0.25) is 0 Å². The molecular weight excluding hydrogens is 569 g/mol. The summed E-state index contributed by atoms with van der Waals surface area (Å²) in [6.07, 6.45) is 12.9. The average Bonchev–Trinajstić information content (AvgIpc) is 3.01. The predicted molar refractivity (Wildman–Crippen MR) is 162 cm³/mol. The Morgan fingerprint density at radius 2 is 1.34 bits per heavy atom. The van der Waals surface area contributed by atoms with Gasteiger partial charge in [0, 0.05) is 12.1 Å². The van der Waals surface area contributed by atoms with Gasteiger partial charge in [-0.25, -0.2) is 13.2 Å². The first-order valence-electron chi connectivity index (χ1n) is 16.9. The molecule has 240 valence electrons. The molecule has 0 amide bonds. The molecule has 0 aromatic heterocycles. The molecule has 5 rings (SSSR count). The average molecular weight is 616 g/mol. The highest BCUT2D eigenvalue weighted by atomic mass is 19.3. The van der Waals surface area contributed by atoms with Gasteiger partial charge in [0.15, 0.2) is 0 Å². The molecule has 3 aliphatic carbocycles. The minimum Gasteiger partial charge on any atom is -0.432 e. The summed E-state index contributed by atoms with van der Waals surface area (Å²) >= 11 is 0. The van der Waals surface area contributed by atoms with Crippen LogP contribution in [0.5, 0.6) is 5.75 Å². The van der Waals surface area contributed by atoms with Crippen LogP contribution in [0.15, 0.2) is 30.3 Å². The molecule has 0 N–H and O–H groups in total. The van der Waals surface area contributed by atoms with Crippen molar-refractivity contribution in [2.24, 2.45) is 23.7 Å². The first kappa shape index (κ1) is 32.8. The predicted octanol–water partition coefficient (Wildman–Crippen LogP) is 11.6. The molecule has 0 spiro atoms. The van der Waals surface area contributed by atoms with Crippen LogP contribution in [0.1, 0.15) is 138 Å². The van der Waals surface area contributed by atoms with Gasteiger partial charge in [-0.15, -0.1) is 0 Å². The molecule has 2 aromatic carbocycles. The molecule has 2 aromatic rings. The number of rotatable bonds is 10. The van der Waals surface area contributed by atoms with Crippen LogP contribution in [-0.2, 0) is 0 Å². The van der Waals surface area contributed by atoms with E-state index in [-0.39, 0.29) is 24.6 Å². The van der Waals surface area contributed by atoms with Gasteiger partial charge in [0.05, 0.1) is 5.92 Å². The molecule has 0 bridgehead atoms. The van der Waals surface area contributed by atoms with Crippen molar-refractivity contribution in [2.45, 2.75) is 128 Å². The van der Waals surface area contributed by atoms with Gasteiger partial charge in [-0.1, -0.05) is 57.6 Å². The van der Waals surface area contributed by atoms with E-state index in [1.54, 1.807) is 6.07 Å². The minimum absolute atomic E-state index is 0.102. The van der Waals surface area contributed by atoms with E-state index in [9.17, 15) is 17.6 Å². The number of nitriles is 1. The summed E-state index contributed by atoms with van der Waals surface area (Å²) in [5, 5.41) is 8.79. The summed E-state index contributed by atoms with van der Waals surface area (Å²) in [4.78, 5) is 0. The van der Waals surface area contributed by atoms with Gasteiger partial charge < -0.3 is 4.74 Å². The zero-order chi connectivity index (χ0) is 31.3. The van der Waals surface area contributed by atoms with Gasteiger partial charge in [-0.3, -0.25) is 0 Å². The van der Waals surface area contributed by atoms with E-state index in [4.69, 9.17) is 10.00 Å². The van der Waals surface area contributed by atoms with Gasteiger partial charge in [-0.05, 0) is 111 Å². The Balaban J connectivity index is 1.10. The van der Waals surface area contributed by atoms with Crippen LogP contribution >= 0.6 is 0 Å². The maximum atomic E-state index is 15.4. The van der Waals surface area contributed by atoms with Crippen LogP contribution in [0.25, 0.3) is 0 Å². The zero-order valence-corrected chi connectivity index (χ0v) is 25.9. The van der Waals surface area contributed by atoms with E-state index < -0.39 is 35.0 Å². The number of hydrogen-bond donors (Lipinski definition) is 0. The van der Waals surface area contributed by atoms with Gasteiger partial charge >= 0.3 is 6.11 Å². The molecule has 3 saturated carbocycles. The number of benzene rings is 2. The summed E-state index contributed by atoms with van der Waals surface area (Å²) in [6, 6.07) is 8.15. The van der Waals surface area contributed by atoms with Crippen LogP contribution in [0.4, 0.5) is 22.0 Å². The number of halogens is 5. The number of ether oxygens (including phenoxy) is 1. The molecule has 0 unspecified atom stereocenters. The topological polar surface area (TPSA) is 33.0 Å². The van der Waals surface area contributed by atoms with Crippen LogP contribution in [0.3, 0.4) is 0 Å². The molecule has 0 saturated heterocycles. The summed E-state index contributed by atoms with van der Waals surface area (Å²) in [5.74, 6) is -1.74. The number of alkyl halides is 2. The Bertz CT molecular complexity index is 1260. The fourth-order valence-electron chi connectivity index (χ4n) is 8.38. The van der Waals surface area contributed by atoms with E-state index in [2.05, 4.69) is 6.92 Å². The van der Waals surface area contributed by atoms with Crippen molar-refractivity contribution in [2.75, 3.05) is 0 Å². The molecule has 0 heterocycles. The highest BCUT2D eigenvalue weighted by Crippen LogP contribution is 2.47. The van der Waals surface area contributed by atoms with E-state index in [0.29, 0.717) is 36.5 Å². The van der Waals surface area contributed by atoms with Gasteiger partial charge in [0.1, 0.15) is 34.8 Å². The van der Waals surface area contributed by atoms with Crippen LogP contribution in [-0.4, -0.2) is 6.11 Å². The van der Waals surface area contributed by atoms with Gasteiger partial charge in [-0.2, -0.15) is 14.0 Å². The fourth-order valence-corrected chi connectivity index (χ4v) is 8.38. The lowest BCUT2D eigenvalue weighted by Crippen LogP contribution is -2.37. The summed E-state index contributed by atoms with van der Waals surface area (Å²) < 4.78 is 77.7. The lowest BCUT2D eigenvalue weighted by molar-refractivity contribution is -0.222. The molecular formula is C37H46F5NO. The molecule has 0 atom stereocenters. The van der Waals surface area contributed by atoms with Gasteiger partial charge in [0.2, 0.25) is 0 Å². The van der Waals surface area contributed by atoms with Crippen molar-refractivity contribution in [3.63, 3.8) is 0 Å². The lowest BCUT2D eigenvalue weighted by atomic mass is 9.68. The number of unbranched alkanes of at least 4 members (excludes halogenated alkanes) is 2. The SMILES string of the molecule is CCCCCC1CCC(C2CCC(c3ccc(C4CCC(C(F)(F)Oc5cc(F)c(C#N)c(F)c5)CC4)c(F)c3)CC2)CC1. The Kier molecular flexibility index (Phi) is 10.9. The molecule has 2 nitrogen and oxygen atoms in total. The lowest BCUT2D eigenvalue weighted by Gasteiger charge is -2.38. The standard InChI is InChI=1S/C37H46F5NO/c1-2-3-4-5-24-6-8-25(9-7-24)26-10-12-27(13-11-26)29-16-19-32(34(38)20-29)28-14-17-30(18-15-28)37(41,42)44-31-21-35(39)33(23-43)36(40)22-31/h16,19-22,24-28,30H,2-15,17-18H2,1H3. The van der Waals surface area contributed by atoms with Crippen molar-refractivity contribution in [1.82, 2.24) is 0 Å². The maximum absolute atomic E-state index is 15.4. The Morgan fingerprint density at radius 3 is 1.91 bits per heavy atom. The van der Waals surface area contributed by atoms with Gasteiger partial charge in [0.25, 0.3) is 0 Å². The maximum Gasteiger partial charge on any atom is 0.400 e. The Labute approximate surface area is 259 Å². The van der Waals surface area contributed by atoms with E-state index in [0.717, 1.165) is 36.2 Å². The molecule has 44 heavy (non-hydrogen) atoms. The summed E-state index contributed by atoms with van der Waals surface area (Å²) in [7, 11) is 0. The highest BCUT2D eigenvalue weighted by molar-refractivity contribution is 5.38. The Hall–Kier alpha value is -2.62. The first-order valence-corrected chi connectivity index (χ1v) is 16.9. The largest absolute Gasteiger partial charge is 0.432 e. The van der Waals surface area contributed by atoms with Crippen molar-refractivity contribution in [3.8, 4) is 11.8 Å². The first-order chi connectivity index (χ1) is 21.2. The third kappa shape index (κ3) is 7.77. The third-order valence-corrected chi connectivity index (χ3v) is 11.1. The van der Waals surface area contributed by atoms with Crippen LogP contribution < -0.4 is 4.74 Å². The van der Waals surface area contributed by atoms with Crippen molar-refractivity contribution in [3.05, 3.63) is 64.5 Å². The second-order valence-electron chi connectivity index (χ2n) is 13.8. The van der Waals surface area contributed by atoms with Crippen molar-refractivity contribution < 1.29 is 26.7 Å². The zero-order valence-electron chi connectivity index (χ0n) is 25.9. The van der Waals surface area contributed by atoms with E-state index >= 15 is 4.39 Å². The monoisotopic (exact) mass is 615 g/mol. The van der Waals surface area contributed by atoms with E-state index in [1.165, 1.54) is 70.3 Å². The number of hydrogen-bond acceptors (Lipinski definition) is 2. The van der Waals surface area contributed by atoms with Crippen molar-refractivity contribution in [1.29, 1.82) is 5.26 Å². The second-order valence-corrected chi connectivity index (χ2v) is 13.8. The molecule has 3 fully saturated rings. The highest BCUT2D eigenvalue weighted by Gasteiger charge is 2.44. The molecule has 0 aliphatic heterocycles. The van der Waals surface area contributed by atoms with Crippen LogP contribution in [0, 0.1) is 52.5 Å². The quantitative estimate of drug-likeness (QED) is 0.197. The molecule has 0 radical (unpaired) electrons. The smallest absolute Gasteiger partial charge is 0.400 e. The third-order valence-electron chi connectivity index (χ3n) is 11.1. The molecule has 3 aliphatic rings. The summed E-state index contributed by atoms with van der Waals surface area (Å²) in [5.41, 5.74) is 0.796. The summed E-state index contributed by atoms with van der Waals surface area (Å²) in [6.45, 7) is 2.27. The minimum atomic E-state index is -3.65. The Morgan fingerprint density at radius 1 is 0.750 bits per heavy atom. The van der Waals surface area contributed by atoms with Crippen molar-refractivity contribution >= 4 is 0 Å². The number of nitrogens with zero attached hydrogens (tertiary/aromatic N) is 1. The molecule has 7 heteroatoms. The van der Waals surface area contributed by atoms with E-state index in [1.807, 2.05) is 12.1 Å². The second kappa shape index (κ2) is 14.6.